The molecule has 0 saturated carbocycles. The van der Waals surface area contributed by atoms with Gasteiger partial charge in [0.25, 0.3) is 0 Å². The second-order valence-corrected chi connectivity index (χ2v) is 4.96. The molecule has 1 saturated heterocycles. The SMILES string of the molecule is CN1CCC(NCc2cc3c(cc2O)OCO3)C1. The van der Waals surface area contributed by atoms with Crippen molar-refractivity contribution >= 4 is 0 Å². The Bertz CT molecular complexity index is 450. The van der Waals surface area contributed by atoms with Crippen molar-refractivity contribution in [2.24, 2.45) is 0 Å². The molecule has 0 spiro atoms. The van der Waals surface area contributed by atoms with Gasteiger partial charge in [-0.3, -0.25) is 0 Å². The number of fused-ring (bicyclic) bond motifs is 1. The number of aromatic hydroxyl groups is 1. The number of phenolic OH excluding ortho intramolecular Hbond substituents is 1. The molecule has 5 heteroatoms. The molecule has 0 radical (unpaired) electrons. The van der Waals surface area contributed by atoms with E-state index < -0.39 is 0 Å². The van der Waals surface area contributed by atoms with E-state index in [-0.39, 0.29) is 12.5 Å². The molecule has 2 aliphatic heterocycles. The summed E-state index contributed by atoms with van der Waals surface area (Å²) >= 11 is 0. The monoisotopic (exact) mass is 250 g/mol. The topological polar surface area (TPSA) is 54.0 Å². The number of nitrogens with one attached hydrogen (secondary N) is 1. The lowest BCUT2D eigenvalue weighted by Crippen LogP contribution is -2.30. The van der Waals surface area contributed by atoms with Gasteiger partial charge in [0.1, 0.15) is 5.75 Å². The second kappa shape index (κ2) is 4.66. The third kappa shape index (κ3) is 2.23. The molecule has 0 bridgehead atoms. The largest absolute Gasteiger partial charge is 0.507 e. The lowest BCUT2D eigenvalue weighted by Gasteiger charge is -2.13. The summed E-state index contributed by atoms with van der Waals surface area (Å²) in [7, 11) is 2.12. The van der Waals surface area contributed by atoms with Crippen LogP contribution in [0.1, 0.15) is 12.0 Å². The van der Waals surface area contributed by atoms with Crippen molar-refractivity contribution in [3.05, 3.63) is 17.7 Å². The molecule has 2 N–H and O–H groups in total. The van der Waals surface area contributed by atoms with Crippen molar-refractivity contribution in [2.45, 2.75) is 19.0 Å². The predicted octanol–water partition coefficient (Wildman–Crippen LogP) is 0.915. The first-order chi connectivity index (χ1) is 8.72. The van der Waals surface area contributed by atoms with E-state index in [1.807, 2.05) is 6.07 Å². The highest BCUT2D eigenvalue weighted by molar-refractivity contribution is 5.51. The number of likely N-dealkylation sites (N-methyl/N-ethyl adjacent to an activating group) is 1. The van der Waals surface area contributed by atoms with Gasteiger partial charge in [-0.05, 0) is 26.1 Å². The van der Waals surface area contributed by atoms with E-state index >= 15 is 0 Å². The minimum absolute atomic E-state index is 0.235. The number of ether oxygens (including phenoxy) is 2. The maximum absolute atomic E-state index is 9.91. The van der Waals surface area contributed by atoms with E-state index in [4.69, 9.17) is 9.47 Å². The average molecular weight is 250 g/mol. The van der Waals surface area contributed by atoms with Crippen LogP contribution in [0.15, 0.2) is 12.1 Å². The molecule has 0 aromatic heterocycles. The Morgan fingerprint density at radius 1 is 1.39 bits per heavy atom. The standard InChI is InChI=1S/C13H18N2O3/c1-15-3-2-10(7-15)14-6-9-4-12-13(5-11(9)16)18-8-17-12/h4-5,10,14,16H,2-3,6-8H2,1H3. The Morgan fingerprint density at radius 2 is 2.17 bits per heavy atom. The molecule has 1 aromatic carbocycles. The maximum atomic E-state index is 9.91. The molecular weight excluding hydrogens is 232 g/mol. The van der Waals surface area contributed by atoms with Crippen LogP contribution in [0.4, 0.5) is 0 Å². The van der Waals surface area contributed by atoms with E-state index in [9.17, 15) is 5.11 Å². The first-order valence-corrected chi connectivity index (χ1v) is 6.26. The molecule has 2 heterocycles. The van der Waals surface area contributed by atoms with Crippen LogP contribution in [0.5, 0.6) is 17.2 Å². The highest BCUT2D eigenvalue weighted by Gasteiger charge is 2.20. The smallest absolute Gasteiger partial charge is 0.231 e. The van der Waals surface area contributed by atoms with Crippen LogP contribution in [-0.4, -0.2) is 43.0 Å². The molecule has 1 unspecified atom stereocenters. The van der Waals surface area contributed by atoms with Gasteiger partial charge in [-0.2, -0.15) is 0 Å². The predicted molar refractivity (Wildman–Crippen MR) is 67.0 cm³/mol. The summed E-state index contributed by atoms with van der Waals surface area (Å²) < 4.78 is 10.5. The zero-order valence-corrected chi connectivity index (χ0v) is 10.5. The molecule has 1 atom stereocenters. The van der Waals surface area contributed by atoms with Crippen LogP contribution in [0.3, 0.4) is 0 Å². The van der Waals surface area contributed by atoms with Gasteiger partial charge in [-0.1, -0.05) is 0 Å². The highest BCUT2D eigenvalue weighted by atomic mass is 16.7. The number of likely N-dealkylation sites (tertiary alicyclic amines) is 1. The van der Waals surface area contributed by atoms with Gasteiger partial charge in [0.2, 0.25) is 6.79 Å². The van der Waals surface area contributed by atoms with Crippen LogP contribution in [0, 0.1) is 0 Å². The van der Waals surface area contributed by atoms with Crippen molar-refractivity contribution in [1.29, 1.82) is 0 Å². The highest BCUT2D eigenvalue weighted by Crippen LogP contribution is 2.37. The van der Waals surface area contributed by atoms with E-state index in [2.05, 4.69) is 17.3 Å². The average Bonchev–Trinajstić information content (AvgIpc) is 2.94. The lowest BCUT2D eigenvalue weighted by atomic mass is 10.1. The van der Waals surface area contributed by atoms with E-state index in [0.29, 0.717) is 24.1 Å². The summed E-state index contributed by atoms with van der Waals surface area (Å²) in [5.41, 5.74) is 0.855. The summed E-state index contributed by atoms with van der Waals surface area (Å²) in [5.74, 6) is 1.60. The van der Waals surface area contributed by atoms with Gasteiger partial charge < -0.3 is 24.8 Å². The van der Waals surface area contributed by atoms with Gasteiger partial charge in [0.05, 0.1) is 0 Å². The fraction of sp³-hybridized carbons (Fsp3) is 0.538. The van der Waals surface area contributed by atoms with Crippen LogP contribution >= 0.6 is 0 Å². The Kier molecular flexibility index (Phi) is 3.01. The Balaban J connectivity index is 1.66. The fourth-order valence-corrected chi connectivity index (χ4v) is 2.47. The number of rotatable bonds is 3. The summed E-state index contributed by atoms with van der Waals surface area (Å²) in [6.45, 7) is 3.08. The number of hydrogen-bond acceptors (Lipinski definition) is 5. The van der Waals surface area contributed by atoms with E-state index in [0.717, 1.165) is 25.1 Å². The van der Waals surface area contributed by atoms with Crippen molar-refractivity contribution in [3.8, 4) is 17.2 Å². The maximum Gasteiger partial charge on any atom is 0.231 e. The van der Waals surface area contributed by atoms with Crippen molar-refractivity contribution < 1.29 is 14.6 Å². The fourth-order valence-electron chi connectivity index (χ4n) is 2.47. The normalized spacial score (nSPS) is 22.6. The zero-order valence-electron chi connectivity index (χ0n) is 10.5. The van der Waals surface area contributed by atoms with Gasteiger partial charge in [-0.25, -0.2) is 0 Å². The molecule has 0 amide bonds. The van der Waals surface area contributed by atoms with Crippen molar-refractivity contribution in [3.63, 3.8) is 0 Å². The molecule has 18 heavy (non-hydrogen) atoms. The summed E-state index contributed by atoms with van der Waals surface area (Å²) in [5, 5.41) is 13.4. The third-order valence-corrected chi connectivity index (χ3v) is 3.55. The molecule has 0 aliphatic carbocycles. The van der Waals surface area contributed by atoms with E-state index in [1.165, 1.54) is 0 Å². The number of nitrogens with zero attached hydrogens (tertiary/aromatic N) is 1. The lowest BCUT2D eigenvalue weighted by molar-refractivity contribution is 0.174. The summed E-state index contributed by atoms with van der Waals surface area (Å²) in [4.78, 5) is 2.30. The second-order valence-electron chi connectivity index (χ2n) is 4.96. The van der Waals surface area contributed by atoms with Crippen molar-refractivity contribution in [1.82, 2.24) is 10.2 Å². The Hall–Kier alpha value is -1.46. The first kappa shape index (κ1) is 11.6. The minimum Gasteiger partial charge on any atom is -0.507 e. The van der Waals surface area contributed by atoms with Gasteiger partial charge in [0, 0.05) is 30.8 Å². The van der Waals surface area contributed by atoms with Crippen LogP contribution in [-0.2, 0) is 6.54 Å². The molecule has 1 aromatic rings. The number of hydrogen-bond donors (Lipinski definition) is 2. The first-order valence-electron chi connectivity index (χ1n) is 6.26. The zero-order chi connectivity index (χ0) is 12.5. The molecule has 5 nitrogen and oxygen atoms in total. The molecule has 2 aliphatic rings. The Labute approximate surface area is 106 Å². The Morgan fingerprint density at radius 3 is 2.89 bits per heavy atom. The summed E-state index contributed by atoms with van der Waals surface area (Å²) in [6.07, 6.45) is 1.15. The third-order valence-electron chi connectivity index (χ3n) is 3.55. The summed E-state index contributed by atoms with van der Waals surface area (Å²) in [6, 6.07) is 3.98. The number of benzene rings is 1. The van der Waals surface area contributed by atoms with Crippen LogP contribution in [0.25, 0.3) is 0 Å². The van der Waals surface area contributed by atoms with Crippen LogP contribution in [0.2, 0.25) is 0 Å². The van der Waals surface area contributed by atoms with Crippen LogP contribution < -0.4 is 14.8 Å². The molecule has 3 rings (SSSR count). The van der Waals surface area contributed by atoms with Crippen molar-refractivity contribution in [2.75, 3.05) is 26.9 Å². The molecular formula is C13H18N2O3. The van der Waals surface area contributed by atoms with Gasteiger partial charge >= 0.3 is 0 Å². The minimum atomic E-state index is 0.235. The van der Waals surface area contributed by atoms with Gasteiger partial charge in [-0.15, -0.1) is 0 Å². The quantitative estimate of drug-likeness (QED) is 0.835. The molecule has 98 valence electrons. The van der Waals surface area contributed by atoms with E-state index in [1.54, 1.807) is 6.07 Å². The molecule has 1 fully saturated rings. The number of phenols is 1. The van der Waals surface area contributed by atoms with Gasteiger partial charge in [0.15, 0.2) is 11.5 Å².